The number of aliphatic hydroxyl groups excluding tert-OH is 1. The van der Waals surface area contributed by atoms with E-state index in [0.29, 0.717) is 23.4 Å². The molecule has 1 heterocycles. The lowest BCUT2D eigenvalue weighted by Gasteiger charge is -2.25. The molecule has 4 rings (SSSR count). The molecule has 40 heavy (non-hydrogen) atoms. The van der Waals surface area contributed by atoms with Crippen LogP contribution in [0.3, 0.4) is 0 Å². The van der Waals surface area contributed by atoms with E-state index < -0.39 is 28.6 Å². The molecule has 1 fully saturated rings. The van der Waals surface area contributed by atoms with Gasteiger partial charge in [-0.15, -0.1) is 0 Å². The lowest BCUT2D eigenvalue weighted by atomic mass is 9.95. The van der Waals surface area contributed by atoms with Crippen molar-refractivity contribution in [2.24, 2.45) is 0 Å². The second-order valence-electron chi connectivity index (χ2n) is 9.09. The molecule has 1 aliphatic heterocycles. The number of benzene rings is 3. The monoisotopic (exact) mass is 543 g/mol. The number of ether oxygens (including phenoxy) is 1. The number of carbonyl (C=O) groups is 3. The lowest BCUT2D eigenvalue weighted by molar-refractivity contribution is -0.384. The van der Waals surface area contributed by atoms with Gasteiger partial charge in [0.05, 0.1) is 22.1 Å². The molecule has 0 saturated carbocycles. The number of ketones is 1. The maximum atomic E-state index is 13.3. The van der Waals surface area contributed by atoms with Gasteiger partial charge in [0.15, 0.2) is 0 Å². The Morgan fingerprint density at radius 2 is 1.57 bits per heavy atom. The van der Waals surface area contributed by atoms with Gasteiger partial charge in [-0.1, -0.05) is 44.2 Å². The molecule has 1 amide bonds. The number of anilines is 1. The number of hydrogen-bond donors (Lipinski definition) is 1. The molecule has 0 aliphatic carbocycles. The highest BCUT2D eigenvalue weighted by Crippen LogP contribution is 2.42. The highest BCUT2D eigenvalue weighted by molar-refractivity contribution is 6.51. The number of esters is 1. The van der Waals surface area contributed by atoms with Crippen LogP contribution in [0.2, 0.25) is 0 Å². The van der Waals surface area contributed by atoms with Gasteiger partial charge in [0, 0.05) is 29.9 Å². The molecule has 206 valence electrons. The Hall–Kier alpha value is -4.83. The van der Waals surface area contributed by atoms with Crippen molar-refractivity contribution < 1.29 is 29.2 Å². The van der Waals surface area contributed by atoms with Crippen molar-refractivity contribution >= 4 is 34.8 Å². The van der Waals surface area contributed by atoms with Crippen molar-refractivity contribution in [2.45, 2.75) is 19.9 Å². The van der Waals surface area contributed by atoms with Crippen LogP contribution >= 0.6 is 0 Å². The summed E-state index contributed by atoms with van der Waals surface area (Å²) in [5.41, 5.74) is 1.00. The van der Waals surface area contributed by atoms with Crippen LogP contribution in [0.5, 0.6) is 0 Å². The average Bonchev–Trinajstić information content (AvgIpc) is 3.25. The summed E-state index contributed by atoms with van der Waals surface area (Å²) in [7, 11) is 0. The molecule has 1 saturated heterocycles. The smallest absolute Gasteiger partial charge is 0.338 e. The van der Waals surface area contributed by atoms with E-state index in [1.807, 2.05) is 13.8 Å². The number of rotatable bonds is 10. The number of hydrogen-bond acceptors (Lipinski definition) is 8. The number of aliphatic hydroxyl groups is 1. The molecule has 0 radical (unpaired) electrons. The van der Waals surface area contributed by atoms with Crippen molar-refractivity contribution in [2.75, 3.05) is 31.1 Å². The number of nitro benzene ring substituents is 1. The fourth-order valence-corrected chi connectivity index (χ4v) is 4.59. The third kappa shape index (κ3) is 5.76. The molecule has 0 aromatic heterocycles. The Kier molecular flexibility index (Phi) is 8.70. The summed E-state index contributed by atoms with van der Waals surface area (Å²) >= 11 is 0. The summed E-state index contributed by atoms with van der Waals surface area (Å²) in [6, 6.07) is 18.8. The third-order valence-electron chi connectivity index (χ3n) is 6.83. The largest absolute Gasteiger partial charge is 0.507 e. The lowest BCUT2D eigenvalue weighted by Crippen LogP contribution is -2.29. The predicted molar refractivity (Wildman–Crippen MR) is 149 cm³/mol. The topological polar surface area (TPSA) is 130 Å². The molecule has 0 bridgehead atoms. The second-order valence-corrected chi connectivity index (χ2v) is 9.09. The molecule has 0 unspecified atom stereocenters. The van der Waals surface area contributed by atoms with Gasteiger partial charge in [-0.3, -0.25) is 24.6 Å². The molecule has 3 aromatic carbocycles. The SMILES string of the molecule is CCN(CC)CCOC(=O)c1ccc(N2C(=O)C(=O)C(=C(O)c3ccccc3)[C@H]2c2ccc([N+](=O)[O-])cc2)cc1. The van der Waals surface area contributed by atoms with E-state index in [1.54, 1.807) is 30.3 Å². The van der Waals surface area contributed by atoms with Crippen LogP contribution in [0.25, 0.3) is 5.76 Å². The quantitative estimate of drug-likeness (QED) is 0.0971. The zero-order chi connectivity index (χ0) is 28.8. The molecule has 1 aliphatic rings. The maximum absolute atomic E-state index is 13.3. The van der Waals surface area contributed by atoms with Gasteiger partial charge >= 0.3 is 5.97 Å². The van der Waals surface area contributed by atoms with Gasteiger partial charge in [0.25, 0.3) is 17.4 Å². The molecule has 10 heteroatoms. The van der Waals surface area contributed by atoms with Gasteiger partial charge in [-0.05, 0) is 55.1 Å². The van der Waals surface area contributed by atoms with E-state index in [0.717, 1.165) is 13.1 Å². The fourth-order valence-electron chi connectivity index (χ4n) is 4.59. The first-order chi connectivity index (χ1) is 19.3. The predicted octanol–water partition coefficient (Wildman–Crippen LogP) is 4.72. The highest BCUT2D eigenvalue weighted by atomic mass is 16.6. The molecule has 3 aromatic rings. The van der Waals surface area contributed by atoms with E-state index in [1.165, 1.54) is 53.4 Å². The number of nitrogens with zero attached hydrogens (tertiary/aromatic N) is 3. The number of carbonyl (C=O) groups excluding carboxylic acids is 3. The van der Waals surface area contributed by atoms with Crippen LogP contribution in [0, 0.1) is 10.1 Å². The first-order valence-electron chi connectivity index (χ1n) is 12.9. The molecule has 10 nitrogen and oxygen atoms in total. The Bertz CT molecular complexity index is 1430. The highest BCUT2D eigenvalue weighted by Gasteiger charge is 2.47. The summed E-state index contributed by atoms with van der Waals surface area (Å²) in [6.07, 6.45) is 0. The van der Waals surface area contributed by atoms with Crippen LogP contribution < -0.4 is 4.90 Å². The number of nitro groups is 1. The summed E-state index contributed by atoms with van der Waals surface area (Å²) < 4.78 is 5.37. The normalized spacial score (nSPS) is 16.4. The molecule has 0 spiro atoms. The maximum Gasteiger partial charge on any atom is 0.338 e. The van der Waals surface area contributed by atoms with Crippen LogP contribution in [-0.2, 0) is 14.3 Å². The third-order valence-corrected chi connectivity index (χ3v) is 6.83. The Morgan fingerprint density at radius 1 is 0.950 bits per heavy atom. The van der Waals surface area contributed by atoms with Gasteiger partial charge in [0.1, 0.15) is 12.4 Å². The second kappa shape index (κ2) is 12.4. The molecular weight excluding hydrogens is 514 g/mol. The Balaban J connectivity index is 1.69. The van der Waals surface area contributed by atoms with Crippen molar-refractivity contribution in [1.82, 2.24) is 4.90 Å². The van der Waals surface area contributed by atoms with Crippen LogP contribution in [0.15, 0.2) is 84.4 Å². The van der Waals surface area contributed by atoms with Crippen molar-refractivity contribution in [3.63, 3.8) is 0 Å². The van der Waals surface area contributed by atoms with Crippen LogP contribution in [0.4, 0.5) is 11.4 Å². The zero-order valence-electron chi connectivity index (χ0n) is 22.1. The minimum absolute atomic E-state index is 0.148. The van der Waals surface area contributed by atoms with Gasteiger partial charge in [0.2, 0.25) is 0 Å². The first-order valence-corrected chi connectivity index (χ1v) is 12.9. The summed E-state index contributed by atoms with van der Waals surface area (Å²) in [6.45, 7) is 6.58. The minimum atomic E-state index is -1.06. The average molecular weight is 544 g/mol. The van der Waals surface area contributed by atoms with Crippen molar-refractivity contribution in [3.8, 4) is 0 Å². The first kappa shape index (κ1) is 28.2. The van der Waals surface area contributed by atoms with Gasteiger partial charge in [-0.2, -0.15) is 0 Å². The van der Waals surface area contributed by atoms with Crippen LogP contribution in [-0.4, -0.2) is 58.8 Å². The number of likely N-dealkylation sites (N-methyl/N-ethyl adjacent to an activating group) is 1. The standard InChI is InChI=1S/C30H29N3O7/c1-3-31(4-2)18-19-40-30(37)22-12-14-23(15-13-22)32-26(20-10-16-24(17-11-20)33(38)39)25(28(35)29(32)36)27(34)21-8-6-5-7-9-21/h5-17,26,34H,3-4,18-19H2,1-2H3/t26-/m1/s1. The van der Waals surface area contributed by atoms with E-state index >= 15 is 0 Å². The van der Waals surface area contributed by atoms with Gasteiger partial charge in [-0.25, -0.2) is 4.79 Å². The molecular formula is C30H29N3O7. The summed E-state index contributed by atoms with van der Waals surface area (Å²) in [4.78, 5) is 53.1. The fraction of sp³-hybridized carbons (Fsp3) is 0.233. The summed E-state index contributed by atoms with van der Waals surface area (Å²) in [5.74, 6) is -2.66. The number of Topliss-reactive ketones (excluding diaryl/α,β-unsaturated/α-hetero) is 1. The van der Waals surface area contributed by atoms with E-state index in [4.69, 9.17) is 4.74 Å². The Morgan fingerprint density at radius 3 is 2.15 bits per heavy atom. The molecule has 1 N–H and O–H groups in total. The van der Waals surface area contributed by atoms with Crippen LogP contribution in [0.1, 0.15) is 41.4 Å². The number of amides is 1. The van der Waals surface area contributed by atoms with E-state index in [2.05, 4.69) is 4.90 Å². The summed E-state index contributed by atoms with van der Waals surface area (Å²) in [5, 5.41) is 22.3. The van der Waals surface area contributed by atoms with Gasteiger partial charge < -0.3 is 14.7 Å². The number of non-ortho nitro benzene ring substituents is 1. The zero-order valence-corrected chi connectivity index (χ0v) is 22.1. The molecule has 1 atom stereocenters. The van der Waals surface area contributed by atoms with Crippen molar-refractivity contribution in [1.29, 1.82) is 0 Å². The Labute approximate surface area is 231 Å². The minimum Gasteiger partial charge on any atom is -0.507 e. The van der Waals surface area contributed by atoms with Crippen molar-refractivity contribution in [3.05, 3.63) is 111 Å². The van der Waals surface area contributed by atoms with E-state index in [-0.39, 0.29) is 29.2 Å². The van der Waals surface area contributed by atoms with E-state index in [9.17, 15) is 29.6 Å².